The first-order chi connectivity index (χ1) is 15.5. The van der Waals surface area contributed by atoms with Crippen LogP contribution >= 0.6 is 0 Å². The van der Waals surface area contributed by atoms with Gasteiger partial charge in [-0.15, -0.1) is 6.58 Å². The lowest BCUT2D eigenvalue weighted by Crippen LogP contribution is -2.60. The quantitative estimate of drug-likeness (QED) is 0.393. The van der Waals surface area contributed by atoms with Crippen molar-refractivity contribution in [3.8, 4) is 0 Å². The fourth-order valence-corrected chi connectivity index (χ4v) is 6.30. The highest BCUT2D eigenvalue weighted by Crippen LogP contribution is 2.63. The molecular formula is C25H40N2O6. The zero-order chi connectivity index (χ0) is 24.7. The maximum Gasteiger partial charge on any atom is 0.312 e. The van der Waals surface area contributed by atoms with Gasteiger partial charge in [-0.2, -0.15) is 0 Å². The van der Waals surface area contributed by atoms with Gasteiger partial charge in [-0.1, -0.05) is 19.9 Å². The van der Waals surface area contributed by atoms with Crippen LogP contribution in [0.1, 0.15) is 60.8 Å². The van der Waals surface area contributed by atoms with Crippen molar-refractivity contribution in [1.82, 2.24) is 9.80 Å². The number of amides is 2. The maximum absolute atomic E-state index is 14.1. The zero-order valence-corrected chi connectivity index (χ0v) is 20.9. The minimum atomic E-state index is -1.11. The van der Waals surface area contributed by atoms with E-state index < -0.39 is 41.1 Å². The molecule has 3 rings (SSSR count). The molecule has 0 aromatic heterocycles. The Morgan fingerprint density at radius 2 is 2.00 bits per heavy atom. The SMILES string of the molecule is C=CCN(C(=O)C1N([C@@H](CO)CC(C)C)C(=O)[C@@H]2[C@H](C(=O)OCC)[C@]3(C)CCC12O3)C(C)C. The molecule has 3 aliphatic heterocycles. The molecule has 8 nitrogen and oxygen atoms in total. The number of carbonyl (C=O) groups excluding carboxylic acids is 3. The van der Waals surface area contributed by atoms with Gasteiger partial charge in [0.15, 0.2) is 0 Å². The summed E-state index contributed by atoms with van der Waals surface area (Å²) in [6.07, 6.45) is 3.28. The summed E-state index contributed by atoms with van der Waals surface area (Å²) < 4.78 is 11.9. The molecule has 1 N–H and O–H groups in total. The standard InChI is InChI=1S/C25H40N2O6/c1-8-12-26(16(5)6)22(30)20-25-11-10-24(7,33-25)19(23(31)32-9-2)18(25)21(29)27(20)17(14-28)13-15(3)4/h8,15-20,28H,1,9-14H2,2-7H3/t17-,18+,19-,20?,24+,25?/m1/s1. The van der Waals surface area contributed by atoms with Gasteiger partial charge in [-0.05, 0) is 52.9 Å². The van der Waals surface area contributed by atoms with E-state index in [0.29, 0.717) is 25.8 Å². The van der Waals surface area contributed by atoms with Crippen molar-refractivity contribution in [2.75, 3.05) is 19.8 Å². The van der Waals surface area contributed by atoms with Gasteiger partial charge in [-0.25, -0.2) is 0 Å². The van der Waals surface area contributed by atoms with E-state index in [9.17, 15) is 19.5 Å². The maximum atomic E-state index is 14.1. The third-order valence-electron chi connectivity index (χ3n) is 7.57. The van der Waals surface area contributed by atoms with E-state index in [-0.39, 0.29) is 37.0 Å². The normalized spacial score (nSPS) is 33.5. The highest BCUT2D eigenvalue weighted by Gasteiger charge is 2.79. The molecule has 0 saturated carbocycles. The Morgan fingerprint density at radius 1 is 1.33 bits per heavy atom. The summed E-state index contributed by atoms with van der Waals surface area (Å²) in [5.74, 6) is -2.35. The smallest absolute Gasteiger partial charge is 0.312 e. The third kappa shape index (κ3) is 3.99. The molecule has 8 heteroatoms. The van der Waals surface area contributed by atoms with Gasteiger partial charge >= 0.3 is 5.97 Å². The lowest BCUT2D eigenvalue weighted by Gasteiger charge is -2.40. The van der Waals surface area contributed by atoms with Crippen LogP contribution in [-0.4, -0.2) is 81.8 Å². The third-order valence-corrected chi connectivity index (χ3v) is 7.57. The van der Waals surface area contributed by atoms with Gasteiger partial charge in [0.05, 0.1) is 30.8 Å². The molecule has 3 aliphatic rings. The van der Waals surface area contributed by atoms with E-state index in [4.69, 9.17) is 9.47 Å². The van der Waals surface area contributed by atoms with E-state index in [1.807, 2.05) is 34.6 Å². The molecule has 1 spiro atoms. The molecule has 0 aliphatic carbocycles. The van der Waals surface area contributed by atoms with Crippen LogP contribution in [0.2, 0.25) is 0 Å². The topological polar surface area (TPSA) is 96.4 Å². The zero-order valence-electron chi connectivity index (χ0n) is 20.9. The number of esters is 1. The summed E-state index contributed by atoms with van der Waals surface area (Å²) in [5.41, 5.74) is -1.97. The predicted molar refractivity (Wildman–Crippen MR) is 123 cm³/mol. The van der Waals surface area contributed by atoms with E-state index in [1.54, 1.807) is 22.8 Å². The lowest BCUT2D eigenvalue weighted by atomic mass is 9.66. The van der Waals surface area contributed by atoms with Gasteiger partial charge in [0.1, 0.15) is 17.6 Å². The molecule has 0 aromatic carbocycles. The van der Waals surface area contributed by atoms with E-state index in [2.05, 4.69) is 6.58 Å². The second-order valence-corrected chi connectivity index (χ2v) is 10.6. The molecule has 0 radical (unpaired) electrons. The minimum Gasteiger partial charge on any atom is -0.466 e. The van der Waals surface area contributed by atoms with Crippen LogP contribution in [0.5, 0.6) is 0 Å². The first-order valence-corrected chi connectivity index (χ1v) is 12.2. The summed E-state index contributed by atoms with van der Waals surface area (Å²) in [7, 11) is 0. The van der Waals surface area contributed by atoms with Crippen LogP contribution in [0.4, 0.5) is 0 Å². The Bertz CT molecular complexity index is 798. The predicted octanol–water partition coefficient (Wildman–Crippen LogP) is 2.14. The number of carbonyl (C=O) groups is 3. The fourth-order valence-electron chi connectivity index (χ4n) is 6.30. The number of nitrogens with zero attached hydrogens (tertiary/aromatic N) is 2. The first-order valence-electron chi connectivity index (χ1n) is 12.2. The Kier molecular flexibility index (Phi) is 7.30. The first kappa shape index (κ1) is 25.7. The molecule has 3 saturated heterocycles. The van der Waals surface area contributed by atoms with Crippen molar-refractivity contribution < 1.29 is 29.0 Å². The summed E-state index contributed by atoms with van der Waals surface area (Å²) in [5, 5.41) is 10.3. The summed E-state index contributed by atoms with van der Waals surface area (Å²) >= 11 is 0. The molecule has 3 heterocycles. The number of likely N-dealkylation sites (tertiary alicyclic amines) is 1. The number of fused-ring (bicyclic) bond motifs is 1. The van der Waals surface area contributed by atoms with Gasteiger partial charge in [-0.3, -0.25) is 14.4 Å². The molecule has 186 valence electrons. The molecule has 2 amide bonds. The molecule has 6 atom stereocenters. The Labute approximate surface area is 197 Å². The number of aliphatic hydroxyl groups is 1. The van der Waals surface area contributed by atoms with Crippen LogP contribution < -0.4 is 0 Å². The van der Waals surface area contributed by atoms with Crippen LogP contribution in [0.25, 0.3) is 0 Å². The minimum absolute atomic E-state index is 0.115. The van der Waals surface area contributed by atoms with Crippen LogP contribution in [0.15, 0.2) is 12.7 Å². The van der Waals surface area contributed by atoms with E-state index >= 15 is 0 Å². The lowest BCUT2D eigenvalue weighted by molar-refractivity contribution is -0.162. The summed E-state index contributed by atoms with van der Waals surface area (Å²) in [6.45, 7) is 15.5. The van der Waals surface area contributed by atoms with Gasteiger partial charge in [0, 0.05) is 12.6 Å². The van der Waals surface area contributed by atoms with Crippen molar-refractivity contribution in [2.45, 2.75) is 90.1 Å². The highest BCUT2D eigenvalue weighted by atomic mass is 16.6. The van der Waals surface area contributed by atoms with Crippen LogP contribution in [0, 0.1) is 17.8 Å². The van der Waals surface area contributed by atoms with Gasteiger partial charge < -0.3 is 24.4 Å². The van der Waals surface area contributed by atoms with Gasteiger partial charge in [0.2, 0.25) is 11.8 Å². The molecule has 33 heavy (non-hydrogen) atoms. The van der Waals surface area contributed by atoms with E-state index in [0.717, 1.165) is 0 Å². The fraction of sp³-hybridized carbons (Fsp3) is 0.800. The molecular weight excluding hydrogens is 424 g/mol. The summed E-state index contributed by atoms with van der Waals surface area (Å²) in [6, 6.07) is -1.56. The number of aliphatic hydroxyl groups excluding tert-OH is 1. The Morgan fingerprint density at radius 3 is 2.52 bits per heavy atom. The monoisotopic (exact) mass is 464 g/mol. The second-order valence-electron chi connectivity index (χ2n) is 10.6. The Balaban J connectivity index is 2.14. The van der Waals surface area contributed by atoms with Crippen LogP contribution in [-0.2, 0) is 23.9 Å². The summed E-state index contributed by atoms with van der Waals surface area (Å²) in [4.78, 5) is 44.4. The van der Waals surface area contributed by atoms with Crippen molar-refractivity contribution in [3.63, 3.8) is 0 Å². The van der Waals surface area contributed by atoms with Crippen molar-refractivity contribution in [3.05, 3.63) is 12.7 Å². The number of hydrogen-bond acceptors (Lipinski definition) is 6. The largest absolute Gasteiger partial charge is 0.466 e. The molecule has 0 aromatic rings. The highest BCUT2D eigenvalue weighted by molar-refractivity contribution is 5.98. The van der Waals surface area contributed by atoms with Crippen molar-refractivity contribution in [2.24, 2.45) is 17.8 Å². The number of hydrogen-bond donors (Lipinski definition) is 1. The average Bonchev–Trinajstić information content (AvgIpc) is 3.30. The number of rotatable bonds is 10. The van der Waals surface area contributed by atoms with Crippen molar-refractivity contribution >= 4 is 17.8 Å². The second kappa shape index (κ2) is 9.37. The van der Waals surface area contributed by atoms with E-state index in [1.165, 1.54) is 0 Å². The molecule has 3 fully saturated rings. The molecule has 2 unspecified atom stereocenters. The van der Waals surface area contributed by atoms with Crippen molar-refractivity contribution in [1.29, 1.82) is 0 Å². The number of ether oxygens (including phenoxy) is 2. The van der Waals surface area contributed by atoms with Crippen LogP contribution in [0.3, 0.4) is 0 Å². The Hall–Kier alpha value is -1.93. The average molecular weight is 465 g/mol. The van der Waals surface area contributed by atoms with Gasteiger partial charge in [0.25, 0.3) is 0 Å². The molecule has 2 bridgehead atoms.